The second-order valence-electron chi connectivity index (χ2n) is 9.77. The Morgan fingerprint density at radius 1 is 0.750 bits per heavy atom. The summed E-state index contributed by atoms with van der Waals surface area (Å²) in [6.07, 6.45) is -4.22. The zero-order valence-electron chi connectivity index (χ0n) is 21.6. The fourth-order valence-electron chi connectivity index (χ4n) is 4.70. The fourth-order valence-corrected chi connectivity index (χ4v) is 9.27. The number of benzene rings is 2. The van der Waals surface area contributed by atoms with Crippen LogP contribution in [-0.4, -0.2) is 57.4 Å². The normalized spacial score (nSPS) is 22.1. The summed E-state index contributed by atoms with van der Waals surface area (Å²) in [4.78, 5) is 35.5. The Morgan fingerprint density at radius 2 is 1.19 bits per heavy atom. The zero-order chi connectivity index (χ0) is 26.5. The van der Waals surface area contributed by atoms with Crippen LogP contribution in [0, 0.1) is 0 Å². The lowest BCUT2D eigenvalue weighted by atomic mass is 10.1. The molecule has 1 saturated heterocycles. The first-order valence-corrected chi connectivity index (χ1v) is 13.8. The van der Waals surface area contributed by atoms with E-state index in [1.54, 1.807) is 0 Å². The number of hydrogen-bond donors (Lipinski definition) is 0. The minimum atomic E-state index is -2.93. The number of rotatable bonds is 8. The van der Waals surface area contributed by atoms with Crippen LogP contribution < -0.4 is 10.4 Å². The molecule has 3 rings (SSSR count). The number of esters is 3. The summed E-state index contributed by atoms with van der Waals surface area (Å²) in [7, 11) is -2.93. The third-order valence-corrected chi connectivity index (χ3v) is 11.0. The highest BCUT2D eigenvalue weighted by atomic mass is 28.4. The second kappa shape index (κ2) is 11.4. The molecule has 0 unspecified atom stereocenters. The molecule has 0 aromatic heterocycles. The summed E-state index contributed by atoms with van der Waals surface area (Å²) in [6.45, 7) is 10.1. The molecule has 0 radical (unpaired) electrons. The quantitative estimate of drug-likeness (QED) is 0.301. The van der Waals surface area contributed by atoms with Crippen LogP contribution in [0.25, 0.3) is 0 Å². The molecule has 0 aliphatic carbocycles. The Kier molecular flexibility index (Phi) is 8.70. The molecule has 0 amide bonds. The van der Waals surface area contributed by atoms with E-state index < -0.39 is 50.8 Å². The summed E-state index contributed by atoms with van der Waals surface area (Å²) >= 11 is 0. The van der Waals surface area contributed by atoms with E-state index in [1.807, 2.05) is 36.4 Å². The second-order valence-corrected chi connectivity index (χ2v) is 14.1. The highest BCUT2D eigenvalue weighted by Gasteiger charge is 2.54. The van der Waals surface area contributed by atoms with Gasteiger partial charge in [0.25, 0.3) is 8.32 Å². The van der Waals surface area contributed by atoms with E-state index in [0.717, 1.165) is 10.4 Å². The minimum absolute atomic E-state index is 0.0146. The molecule has 2 aromatic carbocycles. The minimum Gasteiger partial charge on any atom is -0.455 e. The molecule has 1 aliphatic rings. The van der Waals surface area contributed by atoms with E-state index in [9.17, 15) is 14.4 Å². The molecule has 1 fully saturated rings. The van der Waals surface area contributed by atoms with Crippen molar-refractivity contribution in [3.8, 4) is 0 Å². The first-order valence-electron chi connectivity index (χ1n) is 11.9. The number of carbonyl (C=O) groups is 3. The summed E-state index contributed by atoms with van der Waals surface area (Å²) in [5.41, 5.74) is 0. The van der Waals surface area contributed by atoms with E-state index in [0.29, 0.717) is 0 Å². The van der Waals surface area contributed by atoms with Gasteiger partial charge in [-0.2, -0.15) is 0 Å². The Labute approximate surface area is 213 Å². The zero-order valence-corrected chi connectivity index (χ0v) is 22.6. The van der Waals surface area contributed by atoms with Gasteiger partial charge < -0.3 is 23.4 Å². The predicted octanol–water partition coefficient (Wildman–Crippen LogP) is 2.71. The predicted molar refractivity (Wildman–Crippen MR) is 135 cm³/mol. The number of carbonyl (C=O) groups excluding carboxylic acids is 3. The van der Waals surface area contributed by atoms with Gasteiger partial charge in [-0.3, -0.25) is 14.4 Å². The Balaban J connectivity index is 2.03. The van der Waals surface area contributed by atoms with Gasteiger partial charge in [0, 0.05) is 20.8 Å². The van der Waals surface area contributed by atoms with Crippen LogP contribution in [0.15, 0.2) is 60.7 Å². The van der Waals surface area contributed by atoms with E-state index >= 15 is 0 Å². The van der Waals surface area contributed by atoms with E-state index in [4.69, 9.17) is 23.4 Å². The Bertz CT molecular complexity index is 1010. The smallest absolute Gasteiger partial charge is 0.305 e. The topological polar surface area (TPSA) is 97.4 Å². The maximum absolute atomic E-state index is 12.0. The van der Waals surface area contributed by atoms with Crippen molar-refractivity contribution in [2.75, 3.05) is 6.61 Å². The molecular weight excluding hydrogens is 480 g/mol. The molecule has 0 N–H and O–H groups in total. The first-order chi connectivity index (χ1) is 17.0. The van der Waals surface area contributed by atoms with Gasteiger partial charge in [0.05, 0.1) is 6.61 Å². The van der Waals surface area contributed by atoms with Gasteiger partial charge in [-0.15, -0.1) is 0 Å². The van der Waals surface area contributed by atoms with Gasteiger partial charge in [-0.25, -0.2) is 0 Å². The van der Waals surface area contributed by atoms with Gasteiger partial charge in [0.15, 0.2) is 6.10 Å². The van der Waals surface area contributed by atoms with Gasteiger partial charge in [-0.05, 0) is 15.4 Å². The van der Waals surface area contributed by atoms with E-state index in [-0.39, 0.29) is 11.6 Å². The molecule has 194 valence electrons. The Hall–Kier alpha value is -3.01. The van der Waals surface area contributed by atoms with Gasteiger partial charge in [0.2, 0.25) is 12.4 Å². The standard InChI is InChI=1S/C27H34O8Si/c1-18(28)32-24-23(35-26(34-20(3)30)25(24)33-19(2)29)17-31-36(27(4,5)6,21-13-9-7-10-14-21)22-15-11-8-12-16-22/h7-16,23-26H,17H2,1-6H3/t23-,24-,25+,26-/m1/s1. The lowest BCUT2D eigenvalue weighted by Gasteiger charge is -2.43. The third kappa shape index (κ3) is 6.03. The van der Waals surface area contributed by atoms with Crippen molar-refractivity contribution in [1.82, 2.24) is 0 Å². The van der Waals surface area contributed by atoms with Crippen LogP contribution in [0.1, 0.15) is 41.5 Å². The summed E-state index contributed by atoms with van der Waals surface area (Å²) in [5.74, 6) is -1.82. The molecule has 2 aromatic rings. The summed E-state index contributed by atoms with van der Waals surface area (Å²) in [5, 5.41) is 1.84. The van der Waals surface area contributed by atoms with Crippen molar-refractivity contribution in [2.24, 2.45) is 0 Å². The van der Waals surface area contributed by atoms with Crippen LogP contribution in [0.2, 0.25) is 5.04 Å². The fraction of sp³-hybridized carbons (Fsp3) is 0.444. The maximum atomic E-state index is 12.0. The highest BCUT2D eigenvalue weighted by Crippen LogP contribution is 2.38. The molecule has 36 heavy (non-hydrogen) atoms. The first kappa shape index (κ1) is 27.6. The van der Waals surface area contributed by atoms with Crippen LogP contribution in [-0.2, 0) is 37.8 Å². The average molecular weight is 515 g/mol. The van der Waals surface area contributed by atoms with Crippen molar-refractivity contribution in [1.29, 1.82) is 0 Å². The molecule has 8 nitrogen and oxygen atoms in total. The van der Waals surface area contributed by atoms with Gasteiger partial charge in [-0.1, -0.05) is 81.4 Å². The molecular formula is C27H34O8Si. The van der Waals surface area contributed by atoms with Crippen molar-refractivity contribution < 1.29 is 37.8 Å². The molecule has 0 bridgehead atoms. The molecule has 1 aliphatic heterocycles. The summed E-state index contributed by atoms with van der Waals surface area (Å²) < 4.78 is 29.0. The van der Waals surface area contributed by atoms with Crippen molar-refractivity contribution >= 4 is 36.6 Å². The van der Waals surface area contributed by atoms with Crippen molar-refractivity contribution in [3.63, 3.8) is 0 Å². The Morgan fingerprint density at radius 3 is 1.61 bits per heavy atom. The molecule has 0 spiro atoms. The van der Waals surface area contributed by atoms with Crippen molar-refractivity contribution in [3.05, 3.63) is 60.7 Å². The number of hydrogen-bond acceptors (Lipinski definition) is 8. The van der Waals surface area contributed by atoms with Crippen LogP contribution in [0.3, 0.4) is 0 Å². The SMILES string of the molecule is CC(=O)O[C@@H]1O[C@H](CO[Si](c2ccccc2)(c2ccccc2)C(C)(C)C)[C@@H](OC(C)=O)[C@@H]1OC(C)=O. The molecule has 9 heteroatoms. The average Bonchev–Trinajstić information content (AvgIpc) is 3.09. The highest BCUT2D eigenvalue weighted by molar-refractivity contribution is 6.99. The molecule has 4 atom stereocenters. The lowest BCUT2D eigenvalue weighted by Crippen LogP contribution is -2.67. The molecule has 0 saturated carbocycles. The lowest BCUT2D eigenvalue weighted by molar-refractivity contribution is -0.196. The van der Waals surface area contributed by atoms with Crippen LogP contribution >= 0.6 is 0 Å². The van der Waals surface area contributed by atoms with Gasteiger partial charge >= 0.3 is 17.9 Å². The van der Waals surface area contributed by atoms with Crippen molar-refractivity contribution in [2.45, 2.75) is 71.2 Å². The van der Waals surface area contributed by atoms with Crippen LogP contribution in [0.4, 0.5) is 0 Å². The summed E-state index contributed by atoms with van der Waals surface area (Å²) in [6, 6.07) is 20.1. The largest absolute Gasteiger partial charge is 0.455 e. The molecule has 1 heterocycles. The van der Waals surface area contributed by atoms with E-state index in [1.165, 1.54) is 20.8 Å². The van der Waals surface area contributed by atoms with Crippen LogP contribution in [0.5, 0.6) is 0 Å². The number of ether oxygens (including phenoxy) is 4. The third-order valence-electron chi connectivity index (χ3n) is 6.03. The maximum Gasteiger partial charge on any atom is 0.305 e. The van der Waals surface area contributed by atoms with E-state index in [2.05, 4.69) is 45.0 Å². The monoisotopic (exact) mass is 514 g/mol. The van der Waals surface area contributed by atoms with Gasteiger partial charge in [0.1, 0.15) is 6.10 Å².